The average Bonchev–Trinajstić information content (AvgIpc) is 2.68. The molecule has 0 spiro atoms. The molecule has 4 aromatic carbocycles. The van der Waals surface area contributed by atoms with Crippen LogP contribution in [0, 0.1) is 0 Å². The summed E-state index contributed by atoms with van der Waals surface area (Å²) in [5.41, 5.74) is 2.07. The molecule has 0 saturated carbocycles. The fourth-order valence-corrected chi connectivity index (χ4v) is 3.24. The van der Waals surface area contributed by atoms with Gasteiger partial charge in [-0.05, 0) is 46.0 Å². The largest absolute Gasteiger partial charge is 0.465 e. The van der Waals surface area contributed by atoms with Gasteiger partial charge in [-0.2, -0.15) is 0 Å². The topological polar surface area (TPSA) is 18.5 Å². The summed E-state index contributed by atoms with van der Waals surface area (Å²) in [4.78, 5) is 0. The Labute approximate surface area is 152 Å². The predicted octanol–water partition coefficient (Wildman–Crippen LogP) is 6.70. The Morgan fingerprint density at radius 2 is 1.31 bits per heavy atom. The standard InChI is InChI=1S/C24H18O2/c1-3-25-23-11-7-10-17-12-13-20(15-21(17)23)22-14-18-8-5-6-9-19(18)16-24(22)26-4-2/h3-16H,1-2H2. The second-order valence-electron chi connectivity index (χ2n) is 5.96. The molecule has 0 aromatic heterocycles. The Kier molecular flexibility index (Phi) is 4.16. The molecule has 0 unspecified atom stereocenters. The van der Waals surface area contributed by atoms with Gasteiger partial charge in [0.2, 0.25) is 0 Å². The van der Waals surface area contributed by atoms with Gasteiger partial charge in [-0.25, -0.2) is 0 Å². The number of ether oxygens (including phenoxy) is 2. The minimum atomic E-state index is 0.778. The molecule has 0 saturated heterocycles. The van der Waals surface area contributed by atoms with Crippen LogP contribution in [0.3, 0.4) is 0 Å². The number of rotatable bonds is 5. The smallest absolute Gasteiger partial charge is 0.134 e. The zero-order valence-corrected chi connectivity index (χ0v) is 14.3. The number of benzene rings is 4. The zero-order valence-electron chi connectivity index (χ0n) is 14.3. The molecule has 0 radical (unpaired) electrons. The van der Waals surface area contributed by atoms with Crippen molar-refractivity contribution in [3.63, 3.8) is 0 Å². The van der Waals surface area contributed by atoms with E-state index in [9.17, 15) is 0 Å². The summed E-state index contributed by atoms with van der Waals surface area (Å²) in [5.74, 6) is 1.56. The molecule has 2 nitrogen and oxygen atoms in total. The van der Waals surface area contributed by atoms with Crippen molar-refractivity contribution in [2.45, 2.75) is 0 Å². The second kappa shape index (κ2) is 6.77. The normalized spacial score (nSPS) is 10.6. The van der Waals surface area contributed by atoms with Crippen molar-refractivity contribution in [3.05, 3.63) is 98.5 Å². The number of fused-ring (bicyclic) bond motifs is 2. The van der Waals surface area contributed by atoms with Gasteiger partial charge in [0.05, 0.1) is 12.5 Å². The van der Waals surface area contributed by atoms with E-state index in [1.165, 1.54) is 12.5 Å². The third kappa shape index (κ3) is 2.82. The van der Waals surface area contributed by atoms with Gasteiger partial charge >= 0.3 is 0 Å². The van der Waals surface area contributed by atoms with Crippen molar-refractivity contribution >= 4 is 21.5 Å². The lowest BCUT2D eigenvalue weighted by molar-refractivity contribution is 0.486. The molecule has 26 heavy (non-hydrogen) atoms. The predicted molar refractivity (Wildman–Crippen MR) is 109 cm³/mol. The van der Waals surface area contributed by atoms with Gasteiger partial charge in [-0.3, -0.25) is 0 Å². The summed E-state index contributed by atoms with van der Waals surface area (Å²) < 4.78 is 11.3. The molecule has 4 rings (SSSR count). The van der Waals surface area contributed by atoms with E-state index in [1.807, 2.05) is 30.3 Å². The first kappa shape index (κ1) is 16.0. The van der Waals surface area contributed by atoms with Gasteiger partial charge in [-0.15, -0.1) is 0 Å². The van der Waals surface area contributed by atoms with E-state index in [0.717, 1.165) is 44.2 Å². The maximum absolute atomic E-state index is 5.71. The summed E-state index contributed by atoms with van der Waals surface area (Å²) >= 11 is 0. The molecule has 0 heterocycles. The van der Waals surface area contributed by atoms with E-state index in [4.69, 9.17) is 9.47 Å². The van der Waals surface area contributed by atoms with Crippen molar-refractivity contribution < 1.29 is 9.47 Å². The van der Waals surface area contributed by atoms with Gasteiger partial charge in [-0.1, -0.05) is 61.7 Å². The van der Waals surface area contributed by atoms with Crippen molar-refractivity contribution in [1.29, 1.82) is 0 Å². The van der Waals surface area contributed by atoms with Crippen LogP contribution in [0.1, 0.15) is 0 Å². The lowest BCUT2D eigenvalue weighted by Gasteiger charge is -2.13. The maximum atomic E-state index is 5.71. The van der Waals surface area contributed by atoms with Gasteiger partial charge in [0.25, 0.3) is 0 Å². The lowest BCUT2D eigenvalue weighted by atomic mass is 9.97. The minimum Gasteiger partial charge on any atom is -0.465 e. The van der Waals surface area contributed by atoms with Crippen LogP contribution in [0.4, 0.5) is 0 Å². The molecule has 0 aliphatic heterocycles. The van der Waals surface area contributed by atoms with Gasteiger partial charge in [0.15, 0.2) is 0 Å². The van der Waals surface area contributed by atoms with E-state index in [1.54, 1.807) is 0 Å². The van der Waals surface area contributed by atoms with E-state index in [0.29, 0.717) is 0 Å². The van der Waals surface area contributed by atoms with Crippen molar-refractivity contribution in [2.24, 2.45) is 0 Å². The Balaban J connectivity index is 1.96. The molecule has 4 aromatic rings. The highest BCUT2D eigenvalue weighted by atomic mass is 16.5. The Morgan fingerprint density at radius 3 is 2.08 bits per heavy atom. The molecule has 0 aliphatic rings. The molecule has 0 N–H and O–H groups in total. The lowest BCUT2D eigenvalue weighted by Crippen LogP contribution is -1.89. The minimum absolute atomic E-state index is 0.778. The van der Waals surface area contributed by atoms with Crippen LogP contribution in [0.2, 0.25) is 0 Å². The van der Waals surface area contributed by atoms with Crippen LogP contribution in [0.15, 0.2) is 98.5 Å². The zero-order chi connectivity index (χ0) is 17.9. The Hall–Kier alpha value is -3.52. The molecule has 0 atom stereocenters. The second-order valence-corrected chi connectivity index (χ2v) is 5.96. The van der Waals surface area contributed by atoms with Crippen molar-refractivity contribution in [2.75, 3.05) is 0 Å². The summed E-state index contributed by atoms with van der Waals surface area (Å²) in [6, 6.07) is 24.7. The van der Waals surface area contributed by atoms with E-state index in [2.05, 4.69) is 55.6 Å². The van der Waals surface area contributed by atoms with Crippen LogP contribution >= 0.6 is 0 Å². The van der Waals surface area contributed by atoms with Crippen LogP contribution in [0.5, 0.6) is 11.5 Å². The highest BCUT2D eigenvalue weighted by Crippen LogP contribution is 2.37. The fourth-order valence-electron chi connectivity index (χ4n) is 3.24. The molecular formula is C24H18O2. The number of hydrogen-bond donors (Lipinski definition) is 0. The quantitative estimate of drug-likeness (QED) is 0.377. The van der Waals surface area contributed by atoms with E-state index < -0.39 is 0 Å². The summed E-state index contributed by atoms with van der Waals surface area (Å²) in [5, 5.41) is 4.43. The average molecular weight is 338 g/mol. The van der Waals surface area contributed by atoms with E-state index in [-0.39, 0.29) is 0 Å². The third-order valence-electron chi connectivity index (χ3n) is 4.42. The molecule has 0 fully saturated rings. The SMILES string of the molecule is C=COc1cc2ccccc2cc1-c1ccc2cccc(OC=C)c2c1. The summed E-state index contributed by atoms with van der Waals surface area (Å²) in [6.07, 6.45) is 2.91. The maximum Gasteiger partial charge on any atom is 0.134 e. The summed E-state index contributed by atoms with van der Waals surface area (Å²) in [7, 11) is 0. The fraction of sp³-hybridized carbons (Fsp3) is 0. The van der Waals surface area contributed by atoms with Gasteiger partial charge < -0.3 is 9.47 Å². The van der Waals surface area contributed by atoms with Crippen LogP contribution < -0.4 is 9.47 Å². The molecule has 0 bridgehead atoms. The first-order valence-electron chi connectivity index (χ1n) is 8.41. The van der Waals surface area contributed by atoms with Crippen LogP contribution in [0.25, 0.3) is 32.7 Å². The van der Waals surface area contributed by atoms with Crippen LogP contribution in [-0.2, 0) is 0 Å². The molecule has 2 heteroatoms. The molecule has 0 amide bonds. The Bertz CT molecular complexity index is 1130. The highest BCUT2D eigenvalue weighted by molar-refractivity contribution is 5.95. The van der Waals surface area contributed by atoms with Crippen molar-refractivity contribution in [3.8, 4) is 22.6 Å². The Morgan fingerprint density at radius 1 is 0.615 bits per heavy atom. The number of hydrogen-bond acceptors (Lipinski definition) is 2. The monoisotopic (exact) mass is 338 g/mol. The van der Waals surface area contributed by atoms with E-state index >= 15 is 0 Å². The van der Waals surface area contributed by atoms with Crippen molar-refractivity contribution in [1.82, 2.24) is 0 Å². The van der Waals surface area contributed by atoms with Gasteiger partial charge in [0.1, 0.15) is 11.5 Å². The highest BCUT2D eigenvalue weighted by Gasteiger charge is 2.10. The molecule has 126 valence electrons. The first-order valence-corrected chi connectivity index (χ1v) is 8.41. The summed E-state index contributed by atoms with van der Waals surface area (Å²) in [6.45, 7) is 7.37. The third-order valence-corrected chi connectivity index (χ3v) is 4.42. The molecule has 0 aliphatic carbocycles. The first-order chi connectivity index (χ1) is 12.8. The molecular weight excluding hydrogens is 320 g/mol. The van der Waals surface area contributed by atoms with Gasteiger partial charge in [0, 0.05) is 10.9 Å². The van der Waals surface area contributed by atoms with Crippen LogP contribution in [-0.4, -0.2) is 0 Å².